The Morgan fingerprint density at radius 1 is 1.36 bits per heavy atom. The zero-order valence-electron chi connectivity index (χ0n) is 6.19. The fourth-order valence-electron chi connectivity index (χ4n) is 0.759. The first-order valence-corrected chi connectivity index (χ1v) is 4.90. The Morgan fingerprint density at radius 3 is 2.36 bits per heavy atom. The van der Waals surface area contributed by atoms with Gasteiger partial charge in [-0.15, -0.1) is 0 Å². The summed E-state index contributed by atoms with van der Waals surface area (Å²) in [5.41, 5.74) is 0. The lowest BCUT2D eigenvalue weighted by molar-refractivity contribution is 0.481. The maximum absolute atomic E-state index is 11.2. The van der Waals surface area contributed by atoms with Gasteiger partial charge in [-0.2, -0.15) is 0 Å². The third-order valence-electron chi connectivity index (χ3n) is 1.41. The molecular weight excluding hydrogens is 161 g/mol. The van der Waals surface area contributed by atoms with Gasteiger partial charge in [0.2, 0.25) is 0 Å². The molecule has 0 saturated heterocycles. The summed E-state index contributed by atoms with van der Waals surface area (Å²) in [6.07, 6.45) is 0. The van der Waals surface area contributed by atoms with Crippen molar-refractivity contribution >= 4 is 12.8 Å². The molecule has 2 N–H and O–H groups in total. The van der Waals surface area contributed by atoms with Crippen LogP contribution >= 0.6 is 7.52 Å². The third-order valence-corrected chi connectivity index (χ3v) is 3.01. The molecule has 11 heavy (non-hydrogen) atoms. The van der Waals surface area contributed by atoms with E-state index in [4.69, 9.17) is 0 Å². The molecule has 0 heterocycles. The van der Waals surface area contributed by atoms with E-state index in [2.05, 4.69) is 5.09 Å². The number of hydrogen-bond donors (Lipinski definition) is 2. The van der Waals surface area contributed by atoms with Gasteiger partial charge in [0.1, 0.15) is 0 Å². The molecular formula is C7H10NO2P. The van der Waals surface area contributed by atoms with Gasteiger partial charge in [0.05, 0.1) is 5.30 Å². The van der Waals surface area contributed by atoms with Gasteiger partial charge in [-0.25, -0.2) is 5.09 Å². The largest absolute Gasteiger partial charge is 0.330 e. The second-order valence-electron chi connectivity index (χ2n) is 2.14. The molecule has 3 nitrogen and oxygen atoms in total. The topological polar surface area (TPSA) is 49.3 Å². The molecule has 1 rings (SSSR count). The second-order valence-corrected chi connectivity index (χ2v) is 4.25. The van der Waals surface area contributed by atoms with E-state index in [1.807, 2.05) is 0 Å². The highest BCUT2D eigenvalue weighted by molar-refractivity contribution is 7.64. The van der Waals surface area contributed by atoms with E-state index in [0.717, 1.165) is 0 Å². The molecule has 0 saturated carbocycles. The molecule has 0 radical (unpaired) electrons. The molecule has 0 aliphatic rings. The second kappa shape index (κ2) is 3.18. The molecule has 1 aromatic carbocycles. The van der Waals surface area contributed by atoms with E-state index in [1.165, 1.54) is 7.05 Å². The van der Waals surface area contributed by atoms with Crippen molar-refractivity contribution in [1.29, 1.82) is 0 Å². The van der Waals surface area contributed by atoms with Crippen LogP contribution < -0.4 is 10.4 Å². The standard InChI is InChI=1S/C7H10NO2P/c1-8-11(9,10)7-5-3-2-4-6-7/h2-6H,1H3,(H2,8,9,10). The predicted molar refractivity (Wildman–Crippen MR) is 45.0 cm³/mol. The van der Waals surface area contributed by atoms with Crippen molar-refractivity contribution < 1.29 is 9.46 Å². The van der Waals surface area contributed by atoms with Gasteiger partial charge in [0, 0.05) is 0 Å². The molecule has 0 aromatic heterocycles. The van der Waals surface area contributed by atoms with Crippen LogP contribution in [-0.4, -0.2) is 11.9 Å². The summed E-state index contributed by atoms with van der Waals surface area (Å²) in [4.78, 5) is 9.24. The zero-order chi connectivity index (χ0) is 8.32. The van der Waals surface area contributed by atoms with Crippen LogP contribution in [0.4, 0.5) is 0 Å². The van der Waals surface area contributed by atoms with Gasteiger partial charge in [-0.3, -0.25) is 4.57 Å². The van der Waals surface area contributed by atoms with Crippen molar-refractivity contribution in [1.82, 2.24) is 5.09 Å². The molecule has 0 aliphatic heterocycles. The average Bonchev–Trinajstić information content (AvgIpc) is 2.06. The van der Waals surface area contributed by atoms with Crippen LogP contribution in [0.2, 0.25) is 0 Å². The summed E-state index contributed by atoms with van der Waals surface area (Å²) in [6.45, 7) is 0. The smallest absolute Gasteiger partial charge is 0.296 e. The molecule has 60 valence electrons. The van der Waals surface area contributed by atoms with Gasteiger partial charge in [-0.05, 0) is 19.2 Å². The Hall–Kier alpha value is -0.630. The van der Waals surface area contributed by atoms with Gasteiger partial charge in [-0.1, -0.05) is 18.2 Å². The molecule has 1 aromatic rings. The molecule has 1 unspecified atom stereocenters. The van der Waals surface area contributed by atoms with Crippen LogP contribution in [0.25, 0.3) is 0 Å². The molecule has 0 aliphatic carbocycles. The monoisotopic (exact) mass is 171 g/mol. The van der Waals surface area contributed by atoms with Crippen molar-refractivity contribution in [2.45, 2.75) is 0 Å². The Balaban J connectivity index is 3.03. The van der Waals surface area contributed by atoms with Crippen LogP contribution in [0.15, 0.2) is 30.3 Å². The maximum Gasteiger partial charge on any atom is 0.296 e. The summed E-state index contributed by atoms with van der Waals surface area (Å²) in [5.74, 6) is 0. The van der Waals surface area contributed by atoms with E-state index in [0.29, 0.717) is 5.30 Å². The zero-order valence-corrected chi connectivity index (χ0v) is 7.08. The van der Waals surface area contributed by atoms with Crippen molar-refractivity contribution in [3.05, 3.63) is 30.3 Å². The predicted octanol–water partition coefficient (Wildman–Crippen LogP) is 0.717. The Morgan fingerprint density at radius 2 is 1.91 bits per heavy atom. The highest BCUT2D eigenvalue weighted by Crippen LogP contribution is 2.32. The molecule has 4 heteroatoms. The van der Waals surface area contributed by atoms with Crippen molar-refractivity contribution in [2.75, 3.05) is 7.05 Å². The number of hydrogen-bond acceptors (Lipinski definition) is 1. The van der Waals surface area contributed by atoms with E-state index in [-0.39, 0.29) is 0 Å². The van der Waals surface area contributed by atoms with Gasteiger partial charge >= 0.3 is 0 Å². The summed E-state index contributed by atoms with van der Waals surface area (Å²) in [7, 11) is -1.81. The van der Waals surface area contributed by atoms with E-state index < -0.39 is 7.52 Å². The first-order valence-electron chi connectivity index (χ1n) is 3.24. The summed E-state index contributed by atoms with van der Waals surface area (Å²) in [6, 6.07) is 8.51. The normalized spacial score (nSPS) is 15.8. The molecule has 0 amide bonds. The minimum absolute atomic E-state index is 0.433. The van der Waals surface area contributed by atoms with Crippen molar-refractivity contribution in [3.8, 4) is 0 Å². The van der Waals surface area contributed by atoms with E-state index in [1.54, 1.807) is 30.3 Å². The van der Waals surface area contributed by atoms with Crippen LogP contribution in [0.1, 0.15) is 0 Å². The van der Waals surface area contributed by atoms with Gasteiger partial charge in [0.15, 0.2) is 0 Å². The van der Waals surface area contributed by atoms with Crippen molar-refractivity contribution in [2.24, 2.45) is 0 Å². The summed E-state index contributed by atoms with van der Waals surface area (Å²) >= 11 is 0. The number of nitrogens with one attached hydrogen (secondary N) is 1. The maximum atomic E-state index is 11.2. The highest BCUT2D eigenvalue weighted by atomic mass is 31.2. The first-order chi connectivity index (χ1) is 5.17. The van der Waals surface area contributed by atoms with Gasteiger partial charge < -0.3 is 4.89 Å². The molecule has 1 atom stereocenters. The van der Waals surface area contributed by atoms with E-state index >= 15 is 0 Å². The summed E-state index contributed by atoms with van der Waals surface area (Å²) < 4.78 is 11.2. The lowest BCUT2D eigenvalue weighted by atomic mass is 10.4. The summed E-state index contributed by atoms with van der Waals surface area (Å²) in [5, 5.41) is 2.80. The van der Waals surface area contributed by atoms with Gasteiger partial charge in [0.25, 0.3) is 7.52 Å². The Bertz CT molecular complexity index is 273. The Kier molecular flexibility index (Phi) is 2.45. The molecule has 0 fully saturated rings. The minimum Gasteiger partial charge on any atom is -0.330 e. The average molecular weight is 171 g/mol. The van der Waals surface area contributed by atoms with Crippen LogP contribution in [0.3, 0.4) is 0 Å². The highest BCUT2D eigenvalue weighted by Gasteiger charge is 2.16. The lowest BCUT2D eigenvalue weighted by Crippen LogP contribution is -2.14. The minimum atomic E-state index is -3.28. The lowest BCUT2D eigenvalue weighted by Gasteiger charge is -2.08. The molecule has 0 spiro atoms. The van der Waals surface area contributed by atoms with Crippen LogP contribution in [0, 0.1) is 0 Å². The number of benzene rings is 1. The van der Waals surface area contributed by atoms with Crippen LogP contribution in [0.5, 0.6) is 0 Å². The molecule has 0 bridgehead atoms. The Labute approximate surface area is 65.6 Å². The SMILES string of the molecule is CNP(=O)(O)c1ccccc1. The number of rotatable bonds is 2. The van der Waals surface area contributed by atoms with Crippen LogP contribution in [-0.2, 0) is 4.57 Å². The fraction of sp³-hybridized carbons (Fsp3) is 0.143. The van der Waals surface area contributed by atoms with Crippen molar-refractivity contribution in [3.63, 3.8) is 0 Å². The van der Waals surface area contributed by atoms with E-state index in [9.17, 15) is 9.46 Å². The first kappa shape index (κ1) is 8.47. The fourth-order valence-corrected chi connectivity index (χ4v) is 1.59. The quantitative estimate of drug-likeness (QED) is 0.644. The third kappa shape index (κ3) is 1.90.